The molecule has 0 saturated heterocycles. The van der Waals surface area contributed by atoms with Crippen molar-refractivity contribution in [3.63, 3.8) is 0 Å². The Morgan fingerprint density at radius 3 is 2.55 bits per heavy atom. The number of hydrogen-bond acceptors (Lipinski definition) is 5. The fraction of sp³-hybridized carbons (Fsp3) is 0.167. The van der Waals surface area contributed by atoms with E-state index in [2.05, 4.69) is 9.88 Å². The summed E-state index contributed by atoms with van der Waals surface area (Å²) in [5.41, 5.74) is 6.83. The summed E-state index contributed by atoms with van der Waals surface area (Å²) in [6, 6.07) is 8.36. The van der Waals surface area contributed by atoms with Crippen LogP contribution in [0.5, 0.6) is 0 Å². The Morgan fingerprint density at radius 1 is 1.30 bits per heavy atom. The van der Waals surface area contributed by atoms with Gasteiger partial charge in [0, 0.05) is 11.6 Å². The fourth-order valence-electron chi connectivity index (χ4n) is 1.55. The highest BCUT2D eigenvalue weighted by Gasteiger charge is 2.12. The van der Waals surface area contributed by atoms with E-state index in [1.165, 1.54) is 6.20 Å². The summed E-state index contributed by atoms with van der Waals surface area (Å²) in [5, 5.41) is 3.50. The van der Waals surface area contributed by atoms with Crippen molar-refractivity contribution in [2.75, 3.05) is 0 Å². The number of nitrogens with zero attached hydrogens (tertiary/aromatic N) is 1. The lowest BCUT2D eigenvalue weighted by atomic mass is 10.1. The number of nitrogens with one attached hydrogen (secondary N) is 1. The molecule has 3 N–H and O–H groups in total. The average Bonchev–Trinajstić information content (AvgIpc) is 2.90. The average molecular weight is 311 g/mol. The van der Waals surface area contributed by atoms with Crippen molar-refractivity contribution in [2.24, 2.45) is 5.73 Å². The van der Waals surface area contributed by atoms with Crippen molar-refractivity contribution in [3.05, 3.63) is 53.4 Å². The van der Waals surface area contributed by atoms with E-state index in [1.54, 1.807) is 30.3 Å². The van der Waals surface area contributed by atoms with Gasteiger partial charge in [-0.1, -0.05) is 41.6 Å². The molecule has 0 aliphatic heterocycles. The molecule has 0 saturated carbocycles. The molecule has 106 valence electrons. The lowest BCUT2D eigenvalue weighted by Gasteiger charge is -2.06. The lowest BCUT2D eigenvalue weighted by molar-refractivity contribution is 0.380. The van der Waals surface area contributed by atoms with Crippen molar-refractivity contribution in [2.45, 2.75) is 12.3 Å². The van der Waals surface area contributed by atoms with Crippen LogP contribution in [0.15, 0.2) is 41.1 Å². The second-order valence-electron chi connectivity index (χ2n) is 4.12. The molecule has 0 bridgehead atoms. The van der Waals surface area contributed by atoms with Crippen LogP contribution in [0.2, 0.25) is 0 Å². The van der Waals surface area contributed by atoms with E-state index in [1.807, 2.05) is 0 Å². The molecule has 6 nitrogen and oxygen atoms in total. The normalized spacial score (nSPS) is 11.4. The second-order valence-corrected chi connectivity index (χ2v) is 6.37. The van der Waals surface area contributed by atoms with Crippen molar-refractivity contribution >= 4 is 27.2 Å². The van der Waals surface area contributed by atoms with E-state index in [0.717, 1.165) is 0 Å². The molecule has 2 aromatic rings. The van der Waals surface area contributed by atoms with E-state index in [4.69, 9.17) is 22.5 Å². The minimum absolute atomic E-state index is 0.0767. The summed E-state index contributed by atoms with van der Waals surface area (Å²) in [7, 11) is -3.45. The number of hydrogen-bond donors (Lipinski definition) is 2. The van der Waals surface area contributed by atoms with E-state index >= 15 is 0 Å². The van der Waals surface area contributed by atoms with Crippen LogP contribution in [-0.4, -0.2) is 18.6 Å². The van der Waals surface area contributed by atoms with Gasteiger partial charge < -0.3 is 10.3 Å². The number of nitrogens with two attached hydrogens (primary N) is 1. The number of sulfonamides is 1. The van der Waals surface area contributed by atoms with Gasteiger partial charge in [-0.3, -0.25) is 0 Å². The van der Waals surface area contributed by atoms with E-state index in [0.29, 0.717) is 16.9 Å². The van der Waals surface area contributed by atoms with Gasteiger partial charge in [-0.2, -0.15) is 0 Å². The first-order valence-corrected chi connectivity index (χ1v) is 7.78. The van der Waals surface area contributed by atoms with Crippen LogP contribution in [-0.2, 0) is 22.3 Å². The summed E-state index contributed by atoms with van der Waals surface area (Å²) < 4.78 is 31.0. The van der Waals surface area contributed by atoms with Crippen molar-refractivity contribution < 1.29 is 12.9 Å². The van der Waals surface area contributed by atoms with Crippen LogP contribution in [0.1, 0.15) is 16.9 Å². The standard InChI is InChI=1S/C12H13N3O3S2/c13-12(19)10-3-1-9(2-4-10)8-20(16,17)15-7-11-5-6-14-18-11/h1-6,15H,7-8H2,(H2,13,19). The Labute approximate surface area is 122 Å². The van der Waals surface area contributed by atoms with Crippen LogP contribution in [0, 0.1) is 0 Å². The predicted octanol–water partition coefficient (Wildman–Crippen LogP) is 0.928. The first-order valence-electron chi connectivity index (χ1n) is 5.72. The van der Waals surface area contributed by atoms with Gasteiger partial charge >= 0.3 is 0 Å². The van der Waals surface area contributed by atoms with Crippen LogP contribution in [0.25, 0.3) is 0 Å². The highest BCUT2D eigenvalue weighted by Crippen LogP contribution is 2.08. The van der Waals surface area contributed by atoms with Crippen molar-refractivity contribution in [3.8, 4) is 0 Å². The number of rotatable bonds is 6. The number of aromatic nitrogens is 1. The SMILES string of the molecule is NC(=S)c1ccc(CS(=O)(=O)NCc2ccno2)cc1. The van der Waals surface area contributed by atoms with E-state index in [9.17, 15) is 8.42 Å². The van der Waals surface area contributed by atoms with Crippen LogP contribution in [0.4, 0.5) is 0 Å². The van der Waals surface area contributed by atoms with Gasteiger partial charge in [0.15, 0.2) is 5.76 Å². The Bertz CT molecular complexity index is 679. The summed E-state index contributed by atoms with van der Waals surface area (Å²) in [4.78, 5) is 0.280. The molecule has 0 radical (unpaired) electrons. The molecular formula is C12H13N3O3S2. The molecule has 1 heterocycles. The largest absolute Gasteiger partial charge is 0.389 e. The van der Waals surface area contributed by atoms with Crippen molar-refractivity contribution in [1.29, 1.82) is 0 Å². The highest BCUT2D eigenvalue weighted by molar-refractivity contribution is 7.88. The predicted molar refractivity (Wildman–Crippen MR) is 78.3 cm³/mol. The Balaban J connectivity index is 1.98. The zero-order valence-electron chi connectivity index (χ0n) is 10.4. The third-order valence-electron chi connectivity index (χ3n) is 2.55. The Kier molecular flexibility index (Phi) is 4.48. The molecule has 0 aliphatic carbocycles. The lowest BCUT2D eigenvalue weighted by Crippen LogP contribution is -2.24. The molecule has 0 fully saturated rings. The molecule has 0 aliphatic rings. The summed E-state index contributed by atoms with van der Waals surface area (Å²) in [5.74, 6) is 0.330. The smallest absolute Gasteiger partial charge is 0.216 e. The molecule has 1 aromatic carbocycles. The molecule has 0 amide bonds. The topological polar surface area (TPSA) is 98.2 Å². The molecule has 8 heteroatoms. The maximum Gasteiger partial charge on any atom is 0.216 e. The number of benzene rings is 1. The van der Waals surface area contributed by atoms with Gasteiger partial charge in [0.1, 0.15) is 4.99 Å². The summed E-state index contributed by atoms with van der Waals surface area (Å²) in [6.07, 6.45) is 1.46. The molecule has 2 rings (SSSR count). The molecule has 0 unspecified atom stereocenters. The zero-order valence-corrected chi connectivity index (χ0v) is 12.1. The van der Waals surface area contributed by atoms with Gasteiger partial charge in [-0.05, 0) is 5.56 Å². The molecule has 20 heavy (non-hydrogen) atoms. The maximum atomic E-state index is 11.9. The monoisotopic (exact) mass is 311 g/mol. The molecular weight excluding hydrogens is 298 g/mol. The third-order valence-corrected chi connectivity index (χ3v) is 4.09. The van der Waals surface area contributed by atoms with Gasteiger partial charge in [-0.25, -0.2) is 13.1 Å². The molecule has 0 atom stereocenters. The van der Waals surface area contributed by atoms with Crippen LogP contribution < -0.4 is 10.5 Å². The fourth-order valence-corrected chi connectivity index (χ4v) is 2.78. The summed E-state index contributed by atoms with van der Waals surface area (Å²) in [6.45, 7) is 0.0767. The molecule has 1 aromatic heterocycles. The van der Waals surface area contributed by atoms with Gasteiger partial charge in [0.25, 0.3) is 0 Å². The van der Waals surface area contributed by atoms with E-state index < -0.39 is 10.0 Å². The first-order chi connectivity index (χ1) is 9.46. The van der Waals surface area contributed by atoms with Gasteiger partial charge in [0.2, 0.25) is 10.0 Å². The first kappa shape index (κ1) is 14.6. The zero-order chi connectivity index (χ0) is 14.6. The Morgan fingerprint density at radius 2 is 2.00 bits per heavy atom. The number of thiocarbonyl (C=S) groups is 1. The minimum atomic E-state index is -3.45. The summed E-state index contributed by atoms with van der Waals surface area (Å²) >= 11 is 4.83. The second kappa shape index (κ2) is 6.12. The van der Waals surface area contributed by atoms with Gasteiger partial charge in [-0.15, -0.1) is 0 Å². The van der Waals surface area contributed by atoms with Crippen LogP contribution >= 0.6 is 12.2 Å². The third kappa shape index (κ3) is 4.12. The van der Waals surface area contributed by atoms with Gasteiger partial charge in [0.05, 0.1) is 18.5 Å². The van der Waals surface area contributed by atoms with E-state index in [-0.39, 0.29) is 17.3 Å². The molecule has 0 spiro atoms. The Hall–Kier alpha value is -1.77. The quantitative estimate of drug-likeness (QED) is 0.770. The highest BCUT2D eigenvalue weighted by atomic mass is 32.2. The minimum Gasteiger partial charge on any atom is -0.389 e. The maximum absolute atomic E-state index is 11.9. The van der Waals surface area contributed by atoms with Crippen LogP contribution in [0.3, 0.4) is 0 Å². The van der Waals surface area contributed by atoms with Crippen molar-refractivity contribution in [1.82, 2.24) is 9.88 Å².